The molecule has 0 radical (unpaired) electrons. The smallest absolute Gasteiger partial charge is 0.280 e. The number of hydrogen-bond donors (Lipinski definition) is 0. The lowest BCUT2D eigenvalue weighted by Crippen LogP contribution is -2.22. The van der Waals surface area contributed by atoms with Gasteiger partial charge in [-0.2, -0.15) is 4.98 Å². The molecule has 0 fully saturated rings. The molecule has 1 aliphatic heterocycles. The second-order valence-corrected chi connectivity index (χ2v) is 6.58. The van der Waals surface area contributed by atoms with E-state index in [9.17, 15) is 4.39 Å². The highest BCUT2D eigenvalue weighted by Gasteiger charge is 2.28. The van der Waals surface area contributed by atoms with Crippen molar-refractivity contribution in [3.05, 3.63) is 65.6 Å². The molecule has 0 amide bonds. The molecule has 1 atom stereocenters. The topological polar surface area (TPSA) is 88.1 Å². The van der Waals surface area contributed by atoms with E-state index in [1.807, 2.05) is 24.3 Å². The number of nitrogens with zero attached hydrogens (tertiary/aromatic N) is 5. The maximum absolute atomic E-state index is 13.4. The SMILES string of the molecule is COc1cccc(C2Cn3nnc(-c4nc(-c5cccc(F)c5)no4)c3CO2)c1. The quantitative estimate of drug-likeness (QED) is 0.525. The average Bonchev–Trinajstić information content (AvgIpc) is 3.40. The van der Waals surface area contributed by atoms with Crippen molar-refractivity contribution in [2.24, 2.45) is 0 Å². The highest BCUT2D eigenvalue weighted by molar-refractivity contribution is 5.58. The van der Waals surface area contributed by atoms with E-state index >= 15 is 0 Å². The van der Waals surface area contributed by atoms with Crippen LogP contribution in [-0.2, 0) is 17.9 Å². The summed E-state index contributed by atoms with van der Waals surface area (Å²) in [6, 6.07) is 13.7. The monoisotopic (exact) mass is 393 g/mol. The first-order chi connectivity index (χ1) is 14.2. The third-order valence-corrected chi connectivity index (χ3v) is 4.77. The Morgan fingerprint density at radius 2 is 2.07 bits per heavy atom. The first kappa shape index (κ1) is 17.5. The van der Waals surface area contributed by atoms with Crippen LogP contribution >= 0.6 is 0 Å². The Morgan fingerprint density at radius 3 is 2.93 bits per heavy atom. The molecule has 0 N–H and O–H groups in total. The van der Waals surface area contributed by atoms with Crippen molar-refractivity contribution < 1.29 is 18.4 Å². The number of fused-ring (bicyclic) bond motifs is 1. The zero-order valence-corrected chi connectivity index (χ0v) is 15.4. The molecule has 0 bridgehead atoms. The standard InChI is InChI=1S/C20H16FN5O3/c1-27-15-7-3-4-12(9-15)17-10-26-16(11-28-17)18(23-25-26)20-22-19(24-29-20)13-5-2-6-14(21)8-13/h2-9,17H,10-11H2,1H3. The fourth-order valence-corrected chi connectivity index (χ4v) is 3.29. The molecule has 2 aromatic carbocycles. The maximum Gasteiger partial charge on any atom is 0.280 e. The summed E-state index contributed by atoms with van der Waals surface area (Å²) in [6.07, 6.45) is -0.169. The number of aromatic nitrogens is 5. The van der Waals surface area contributed by atoms with Gasteiger partial charge in [0.1, 0.15) is 17.7 Å². The first-order valence-electron chi connectivity index (χ1n) is 8.99. The van der Waals surface area contributed by atoms with Crippen LogP contribution in [0, 0.1) is 5.82 Å². The molecule has 1 aliphatic rings. The molecule has 0 spiro atoms. The molecule has 4 aromatic rings. The summed E-state index contributed by atoms with van der Waals surface area (Å²) in [5.41, 5.74) is 2.73. The van der Waals surface area contributed by atoms with Crippen molar-refractivity contribution in [1.82, 2.24) is 25.1 Å². The molecular formula is C20H16FN5O3. The van der Waals surface area contributed by atoms with Gasteiger partial charge in [0.2, 0.25) is 5.82 Å². The Hall–Kier alpha value is -3.59. The summed E-state index contributed by atoms with van der Waals surface area (Å²) >= 11 is 0. The molecule has 29 heavy (non-hydrogen) atoms. The van der Waals surface area contributed by atoms with Gasteiger partial charge in [0, 0.05) is 5.56 Å². The van der Waals surface area contributed by atoms with Crippen LogP contribution in [0.15, 0.2) is 53.1 Å². The van der Waals surface area contributed by atoms with Crippen LogP contribution in [0.2, 0.25) is 0 Å². The minimum atomic E-state index is -0.369. The first-order valence-corrected chi connectivity index (χ1v) is 8.99. The third-order valence-electron chi connectivity index (χ3n) is 4.77. The predicted molar refractivity (Wildman–Crippen MR) is 99.2 cm³/mol. The Kier molecular flexibility index (Phi) is 4.28. The van der Waals surface area contributed by atoms with Gasteiger partial charge in [0.15, 0.2) is 5.69 Å². The number of hydrogen-bond acceptors (Lipinski definition) is 7. The van der Waals surface area contributed by atoms with Crippen molar-refractivity contribution >= 4 is 0 Å². The summed E-state index contributed by atoms with van der Waals surface area (Å²) in [6.45, 7) is 0.794. The van der Waals surface area contributed by atoms with Crippen molar-refractivity contribution in [2.45, 2.75) is 19.3 Å². The second-order valence-electron chi connectivity index (χ2n) is 6.58. The van der Waals surface area contributed by atoms with Crippen molar-refractivity contribution in [1.29, 1.82) is 0 Å². The van der Waals surface area contributed by atoms with Gasteiger partial charge in [-0.05, 0) is 29.8 Å². The summed E-state index contributed by atoms with van der Waals surface area (Å²) in [4.78, 5) is 4.34. The fraction of sp³-hybridized carbons (Fsp3) is 0.200. The van der Waals surface area contributed by atoms with Crippen molar-refractivity contribution in [2.75, 3.05) is 7.11 Å². The predicted octanol–water partition coefficient (Wildman–Crippen LogP) is 3.41. The summed E-state index contributed by atoms with van der Waals surface area (Å²) in [5.74, 6) is 0.903. The van der Waals surface area contributed by atoms with Crippen LogP contribution in [0.5, 0.6) is 5.75 Å². The van der Waals surface area contributed by atoms with Gasteiger partial charge in [-0.15, -0.1) is 5.10 Å². The molecule has 1 unspecified atom stereocenters. The van der Waals surface area contributed by atoms with Crippen LogP contribution in [0.1, 0.15) is 17.4 Å². The summed E-state index contributed by atoms with van der Waals surface area (Å²) in [5, 5.41) is 12.3. The molecule has 0 saturated carbocycles. The van der Waals surface area contributed by atoms with Crippen LogP contribution in [0.4, 0.5) is 4.39 Å². The van der Waals surface area contributed by atoms with Crippen molar-refractivity contribution in [3.63, 3.8) is 0 Å². The Bertz CT molecular complexity index is 1170. The van der Waals surface area contributed by atoms with E-state index in [1.54, 1.807) is 23.9 Å². The Labute approximate surface area is 164 Å². The summed E-state index contributed by atoms with van der Waals surface area (Å²) < 4.78 is 31.9. The summed E-state index contributed by atoms with van der Waals surface area (Å²) in [7, 11) is 1.63. The maximum atomic E-state index is 13.4. The molecule has 146 valence electrons. The number of halogens is 1. The average molecular weight is 393 g/mol. The molecule has 8 nitrogen and oxygen atoms in total. The lowest BCUT2D eigenvalue weighted by Gasteiger charge is -2.24. The van der Waals surface area contributed by atoms with Gasteiger partial charge >= 0.3 is 0 Å². The number of benzene rings is 2. The third kappa shape index (κ3) is 3.25. The largest absolute Gasteiger partial charge is 0.497 e. The lowest BCUT2D eigenvalue weighted by atomic mass is 10.1. The Morgan fingerprint density at radius 1 is 1.17 bits per heavy atom. The number of rotatable bonds is 4. The van der Waals surface area contributed by atoms with Gasteiger partial charge in [-0.1, -0.05) is 34.6 Å². The number of methoxy groups -OCH3 is 1. The Balaban J connectivity index is 1.41. The van der Waals surface area contributed by atoms with Crippen molar-refractivity contribution in [3.8, 4) is 28.7 Å². The minimum absolute atomic E-state index is 0.169. The molecule has 9 heteroatoms. The zero-order valence-electron chi connectivity index (χ0n) is 15.4. The fourth-order valence-electron chi connectivity index (χ4n) is 3.29. The lowest BCUT2D eigenvalue weighted by molar-refractivity contribution is -0.00127. The van der Waals surface area contributed by atoms with Gasteiger partial charge in [0.05, 0.1) is 26.0 Å². The second kappa shape index (κ2) is 7.10. The van der Waals surface area contributed by atoms with E-state index in [-0.39, 0.29) is 23.6 Å². The van der Waals surface area contributed by atoms with E-state index in [1.165, 1.54) is 12.1 Å². The van der Waals surface area contributed by atoms with Crippen LogP contribution in [-0.4, -0.2) is 32.2 Å². The van der Waals surface area contributed by atoms with Crippen LogP contribution in [0.3, 0.4) is 0 Å². The minimum Gasteiger partial charge on any atom is -0.497 e. The molecule has 3 heterocycles. The van der Waals surface area contributed by atoms with Crippen LogP contribution < -0.4 is 4.74 Å². The van der Waals surface area contributed by atoms with E-state index in [0.29, 0.717) is 24.4 Å². The zero-order chi connectivity index (χ0) is 19.8. The molecule has 0 aliphatic carbocycles. The van der Waals surface area contributed by atoms with Gasteiger partial charge < -0.3 is 14.0 Å². The molecule has 2 aromatic heterocycles. The van der Waals surface area contributed by atoms with E-state index in [2.05, 4.69) is 20.5 Å². The van der Waals surface area contributed by atoms with E-state index in [4.69, 9.17) is 14.0 Å². The molecule has 5 rings (SSSR count). The highest BCUT2D eigenvalue weighted by Crippen LogP contribution is 2.32. The number of ether oxygens (including phenoxy) is 2. The van der Waals surface area contributed by atoms with Gasteiger partial charge in [-0.25, -0.2) is 9.07 Å². The van der Waals surface area contributed by atoms with E-state index < -0.39 is 0 Å². The van der Waals surface area contributed by atoms with Crippen LogP contribution in [0.25, 0.3) is 23.0 Å². The van der Waals surface area contributed by atoms with Gasteiger partial charge in [0.25, 0.3) is 5.89 Å². The van der Waals surface area contributed by atoms with Gasteiger partial charge in [-0.3, -0.25) is 0 Å². The highest BCUT2D eigenvalue weighted by atomic mass is 19.1. The van der Waals surface area contributed by atoms with E-state index in [0.717, 1.165) is 17.0 Å². The molecule has 0 saturated heterocycles. The normalized spacial score (nSPS) is 15.9. The molecular weight excluding hydrogens is 377 g/mol.